The van der Waals surface area contributed by atoms with Gasteiger partial charge in [0.25, 0.3) is 5.56 Å². The summed E-state index contributed by atoms with van der Waals surface area (Å²) in [6.45, 7) is 1.81. The number of nitrogens with zero attached hydrogens (tertiary/aromatic N) is 8. The number of nitrogens with two attached hydrogens (primary N) is 1. The molecule has 0 radical (unpaired) electrons. The van der Waals surface area contributed by atoms with Gasteiger partial charge >= 0.3 is 5.97 Å². The monoisotopic (exact) mass is 496 g/mol. The molecular formula is C21H21ClN10O3. The first kappa shape index (κ1) is 22.7. The molecule has 14 heteroatoms. The van der Waals surface area contributed by atoms with E-state index in [1.807, 2.05) is 6.92 Å². The van der Waals surface area contributed by atoms with Gasteiger partial charge in [-0.1, -0.05) is 17.7 Å². The summed E-state index contributed by atoms with van der Waals surface area (Å²) >= 11 is 6.33. The molecule has 3 heterocycles. The number of benzene rings is 1. The molecule has 180 valence electrons. The summed E-state index contributed by atoms with van der Waals surface area (Å²) in [4.78, 5) is 39.3. The van der Waals surface area contributed by atoms with Crippen LogP contribution in [0.5, 0.6) is 0 Å². The van der Waals surface area contributed by atoms with Gasteiger partial charge in [-0.25, -0.2) is 15.0 Å². The largest absolute Gasteiger partial charge is 0.481 e. The number of nitrogens with one attached hydrogen (secondary N) is 1. The van der Waals surface area contributed by atoms with E-state index in [1.165, 1.54) is 15.7 Å². The third-order valence-corrected chi connectivity index (χ3v) is 6.40. The molecule has 1 fully saturated rings. The smallest absolute Gasteiger partial charge is 0.306 e. The van der Waals surface area contributed by atoms with Gasteiger partial charge in [0.1, 0.15) is 29.4 Å². The van der Waals surface area contributed by atoms with E-state index in [4.69, 9.17) is 22.3 Å². The molecule has 0 aliphatic heterocycles. The molecule has 0 saturated heterocycles. The Morgan fingerprint density at radius 3 is 2.77 bits per heavy atom. The number of fused-ring (bicyclic) bond motifs is 1. The van der Waals surface area contributed by atoms with Gasteiger partial charge in [-0.15, -0.1) is 10.2 Å². The van der Waals surface area contributed by atoms with Crippen molar-refractivity contribution in [3.05, 3.63) is 45.7 Å². The molecule has 1 aliphatic carbocycles. The van der Waals surface area contributed by atoms with Crippen LogP contribution in [0.4, 0.5) is 11.6 Å². The van der Waals surface area contributed by atoms with Gasteiger partial charge in [0.2, 0.25) is 5.82 Å². The van der Waals surface area contributed by atoms with Gasteiger partial charge in [0.05, 0.1) is 34.9 Å². The molecule has 4 N–H and O–H groups in total. The molecule has 0 spiro atoms. The molecular weight excluding hydrogens is 476 g/mol. The highest BCUT2D eigenvalue weighted by atomic mass is 35.5. The predicted octanol–water partition coefficient (Wildman–Crippen LogP) is 1.82. The lowest BCUT2D eigenvalue weighted by molar-refractivity contribution is -0.146. The van der Waals surface area contributed by atoms with Crippen LogP contribution in [0.3, 0.4) is 0 Å². The summed E-state index contributed by atoms with van der Waals surface area (Å²) in [7, 11) is 1.62. The van der Waals surface area contributed by atoms with E-state index in [-0.39, 0.29) is 28.3 Å². The van der Waals surface area contributed by atoms with Crippen LogP contribution in [-0.4, -0.2) is 50.8 Å². The van der Waals surface area contributed by atoms with Crippen LogP contribution in [0, 0.1) is 5.92 Å². The second-order valence-corrected chi connectivity index (χ2v) is 8.80. The van der Waals surface area contributed by atoms with Crippen LogP contribution in [0.1, 0.15) is 37.7 Å². The fourth-order valence-corrected chi connectivity index (χ4v) is 4.51. The zero-order chi connectivity index (χ0) is 24.9. The van der Waals surface area contributed by atoms with Gasteiger partial charge in [-0.2, -0.15) is 4.80 Å². The molecule has 1 aliphatic rings. The fraction of sp³-hybridized carbons (Fsp3) is 0.333. The van der Waals surface area contributed by atoms with Gasteiger partial charge in [0, 0.05) is 6.04 Å². The number of carboxylic acid groups (broad SMARTS) is 1. The highest BCUT2D eigenvalue weighted by Crippen LogP contribution is 2.39. The predicted molar refractivity (Wildman–Crippen MR) is 127 cm³/mol. The molecule has 5 rings (SSSR count). The zero-order valence-electron chi connectivity index (χ0n) is 18.8. The van der Waals surface area contributed by atoms with Crippen molar-refractivity contribution in [3.8, 4) is 11.4 Å². The molecule has 0 bridgehead atoms. The molecule has 13 nitrogen and oxygen atoms in total. The van der Waals surface area contributed by atoms with Crippen molar-refractivity contribution in [1.82, 2.24) is 39.7 Å². The summed E-state index contributed by atoms with van der Waals surface area (Å²) < 4.78 is 1.54. The molecule has 1 aromatic carbocycles. The molecule has 0 amide bonds. The number of hydrogen-bond donors (Lipinski definition) is 3. The van der Waals surface area contributed by atoms with Crippen molar-refractivity contribution >= 4 is 40.1 Å². The summed E-state index contributed by atoms with van der Waals surface area (Å²) in [5.74, 6) is -0.260. The molecule has 4 aromatic rings. The second-order valence-electron chi connectivity index (χ2n) is 8.39. The number of aryl methyl sites for hydroxylation is 1. The zero-order valence-corrected chi connectivity index (χ0v) is 19.5. The minimum Gasteiger partial charge on any atom is -0.481 e. The number of carbonyl (C=O) groups is 1. The topological polar surface area (TPSA) is 180 Å². The van der Waals surface area contributed by atoms with Crippen LogP contribution >= 0.6 is 11.6 Å². The van der Waals surface area contributed by atoms with E-state index in [0.29, 0.717) is 41.0 Å². The Balaban J connectivity index is 1.60. The van der Waals surface area contributed by atoms with E-state index in [1.54, 1.807) is 25.2 Å². The van der Waals surface area contributed by atoms with E-state index in [0.717, 1.165) is 0 Å². The Labute approximate surface area is 203 Å². The Kier molecular flexibility index (Phi) is 5.55. The van der Waals surface area contributed by atoms with E-state index < -0.39 is 17.9 Å². The SMILES string of the molecule is C[C@H](Nc1ncnc(N)c1-c1nnn(C)n1)c1nc2cccc(Cl)c2c(=O)n1C1CC(C(=O)O)C1. The number of aromatic nitrogens is 8. The average Bonchev–Trinajstić information content (AvgIpc) is 3.19. The van der Waals surface area contributed by atoms with Crippen molar-refractivity contribution in [2.24, 2.45) is 13.0 Å². The second kappa shape index (κ2) is 8.58. The van der Waals surface area contributed by atoms with Gasteiger partial charge < -0.3 is 16.2 Å². The number of aliphatic carboxylic acids is 1. The summed E-state index contributed by atoms with van der Waals surface area (Å²) in [5, 5.41) is 25.2. The Morgan fingerprint density at radius 1 is 1.31 bits per heavy atom. The van der Waals surface area contributed by atoms with E-state index in [9.17, 15) is 14.7 Å². The normalized spacial score (nSPS) is 18.3. The fourth-order valence-electron chi connectivity index (χ4n) is 4.26. The Bertz CT molecular complexity index is 1510. The van der Waals surface area contributed by atoms with Crippen LogP contribution in [0.25, 0.3) is 22.3 Å². The number of anilines is 2. The number of hydrogen-bond acceptors (Lipinski definition) is 10. The quantitative estimate of drug-likeness (QED) is 0.354. The number of rotatable bonds is 6. The maximum Gasteiger partial charge on any atom is 0.306 e. The maximum atomic E-state index is 13.6. The first-order valence-electron chi connectivity index (χ1n) is 10.8. The van der Waals surface area contributed by atoms with E-state index >= 15 is 0 Å². The van der Waals surface area contributed by atoms with E-state index in [2.05, 4.69) is 30.7 Å². The number of nitrogen functional groups attached to an aromatic ring is 1. The first-order chi connectivity index (χ1) is 16.7. The van der Waals surface area contributed by atoms with Gasteiger partial charge in [-0.05, 0) is 37.1 Å². The lowest BCUT2D eigenvalue weighted by Crippen LogP contribution is -2.40. The average molecular weight is 497 g/mol. The standard InChI is InChI=1S/C21H21ClN10O3/c1-9(26-17-15(16(23)24-8-25-17)18-28-30-31(2)29-18)19-27-13-5-3-4-12(22)14(13)20(33)32(19)11-6-10(7-11)21(34)35/h3-5,8-11H,6-7H2,1-2H3,(H,34,35)(H3,23,24,25,26)/t9-,10?,11?/m0/s1. The third kappa shape index (κ3) is 3.93. The summed E-state index contributed by atoms with van der Waals surface area (Å²) in [6, 6.07) is 4.19. The number of tetrazole rings is 1. The lowest BCUT2D eigenvalue weighted by atomic mass is 9.80. The van der Waals surface area contributed by atoms with Crippen molar-refractivity contribution in [2.45, 2.75) is 31.8 Å². The van der Waals surface area contributed by atoms with Crippen LogP contribution in [0.15, 0.2) is 29.3 Å². The first-order valence-corrected chi connectivity index (χ1v) is 11.2. The lowest BCUT2D eigenvalue weighted by Gasteiger charge is -2.36. The molecule has 35 heavy (non-hydrogen) atoms. The number of carboxylic acids is 1. The Hall–Kier alpha value is -4.13. The minimum absolute atomic E-state index is 0.154. The molecule has 0 unspecified atom stereocenters. The Morgan fingerprint density at radius 2 is 2.09 bits per heavy atom. The van der Waals surface area contributed by atoms with Crippen LogP contribution < -0.4 is 16.6 Å². The van der Waals surface area contributed by atoms with Crippen molar-refractivity contribution in [3.63, 3.8) is 0 Å². The molecule has 1 saturated carbocycles. The van der Waals surface area contributed by atoms with Crippen molar-refractivity contribution in [2.75, 3.05) is 11.1 Å². The van der Waals surface area contributed by atoms with Crippen LogP contribution in [0.2, 0.25) is 5.02 Å². The minimum atomic E-state index is -0.883. The van der Waals surface area contributed by atoms with Crippen molar-refractivity contribution < 1.29 is 9.90 Å². The van der Waals surface area contributed by atoms with Crippen LogP contribution in [-0.2, 0) is 11.8 Å². The van der Waals surface area contributed by atoms with Crippen molar-refractivity contribution in [1.29, 1.82) is 0 Å². The molecule has 3 aromatic heterocycles. The highest BCUT2D eigenvalue weighted by molar-refractivity contribution is 6.35. The summed E-state index contributed by atoms with van der Waals surface area (Å²) in [5.41, 5.74) is 6.57. The summed E-state index contributed by atoms with van der Waals surface area (Å²) in [6.07, 6.45) is 1.94. The highest BCUT2D eigenvalue weighted by Gasteiger charge is 2.38. The van der Waals surface area contributed by atoms with Gasteiger partial charge in [0.15, 0.2) is 0 Å². The third-order valence-electron chi connectivity index (χ3n) is 6.08. The number of halogens is 1. The van der Waals surface area contributed by atoms with Gasteiger partial charge in [-0.3, -0.25) is 14.2 Å². The maximum absolute atomic E-state index is 13.6. The molecule has 1 atom stereocenters.